The van der Waals surface area contributed by atoms with Crippen molar-refractivity contribution in [3.8, 4) is 5.75 Å². The molecule has 0 aromatic heterocycles. The van der Waals surface area contributed by atoms with Crippen molar-refractivity contribution in [2.75, 3.05) is 7.11 Å². The van der Waals surface area contributed by atoms with E-state index in [1.165, 1.54) is 56.7 Å². The van der Waals surface area contributed by atoms with E-state index in [0.717, 1.165) is 25.0 Å². The van der Waals surface area contributed by atoms with Gasteiger partial charge in [-0.25, -0.2) is 0 Å². The van der Waals surface area contributed by atoms with Gasteiger partial charge in [0.15, 0.2) is 0 Å². The first-order valence-corrected chi connectivity index (χ1v) is 9.91. The minimum absolute atomic E-state index is 0. The van der Waals surface area contributed by atoms with Gasteiger partial charge < -0.3 is 17.9 Å². The second-order valence-corrected chi connectivity index (χ2v) is 6.96. The van der Waals surface area contributed by atoms with E-state index in [2.05, 4.69) is 18.4 Å². The largest absolute Gasteiger partial charge is 1.00 e. The van der Waals surface area contributed by atoms with E-state index in [1.807, 2.05) is 0 Å². The van der Waals surface area contributed by atoms with E-state index < -0.39 is 22.4 Å². The summed E-state index contributed by atoms with van der Waals surface area (Å²) in [6, 6.07) is 14.1. The Kier molecular flexibility index (Phi) is 21.2. The summed E-state index contributed by atoms with van der Waals surface area (Å²) in [6.45, 7) is 0. The van der Waals surface area contributed by atoms with Crippen molar-refractivity contribution in [1.82, 2.24) is 0 Å². The Labute approximate surface area is 268 Å². The molecule has 1 aliphatic carbocycles. The molecule has 0 spiro atoms. The van der Waals surface area contributed by atoms with E-state index in [9.17, 15) is 26.4 Å². The van der Waals surface area contributed by atoms with Crippen LogP contribution in [0.4, 0.5) is 13.2 Å². The van der Waals surface area contributed by atoms with E-state index in [0.29, 0.717) is 5.75 Å². The van der Waals surface area contributed by atoms with Crippen molar-refractivity contribution in [2.45, 2.75) is 43.2 Å². The molecule has 0 bridgehead atoms. The fraction of sp³-hybridized carbons (Fsp3) is 0.381. The number of hydrogen-bond donors (Lipinski definition) is 0. The summed E-state index contributed by atoms with van der Waals surface area (Å²) < 4.78 is 61.1. The van der Waals surface area contributed by atoms with Crippen LogP contribution in [0.15, 0.2) is 47.4 Å². The molecule has 3 rings (SSSR count). The van der Waals surface area contributed by atoms with Crippen LogP contribution in [0, 0.1) is 18.1 Å². The van der Waals surface area contributed by atoms with Gasteiger partial charge in [-0.2, -0.15) is 66.6 Å². The molecule has 0 saturated heterocycles. The van der Waals surface area contributed by atoms with Gasteiger partial charge >= 0.3 is 109 Å². The Balaban J connectivity index is 0. The average molecular weight is 505 g/mol. The third-order valence-corrected chi connectivity index (χ3v) is 4.69. The minimum atomic E-state index is -4.24. The topological polar surface area (TPSA) is 60.4 Å². The van der Waals surface area contributed by atoms with Crippen LogP contribution in [-0.4, -0.2) is 13.4 Å². The molecule has 160 valence electrons. The molecular formula is C21H21F3K2O4S-2. The zero-order valence-corrected chi connectivity index (χ0v) is 24.9. The van der Waals surface area contributed by atoms with Gasteiger partial charge in [0.1, 0.15) is 0 Å². The number of benzene rings is 2. The Hall–Kier alpha value is 0.923. The van der Waals surface area contributed by atoms with Crippen molar-refractivity contribution < 1.29 is 134 Å². The summed E-state index contributed by atoms with van der Waals surface area (Å²) in [5.41, 5.74) is -0.657. The molecule has 1 saturated carbocycles. The van der Waals surface area contributed by atoms with E-state index in [4.69, 9.17) is 4.74 Å². The molecule has 0 N–H and O–H groups in total. The summed E-state index contributed by atoms with van der Waals surface area (Å²) in [4.78, 5) is 10.2. The minimum Gasteiger partial charge on any atom is -0.556 e. The molecule has 1 aliphatic rings. The van der Waals surface area contributed by atoms with Gasteiger partial charge in [0.05, 0.1) is 7.11 Å². The standard InChI is InChI=1S/C7H4F3.C7H6O3S.C7H11O.2K/c8-7(9,10)6-4-2-1-3-5-6;1-10-6-4-2-3-5-7(6)11(8)9;8-6-7-4-2-1-3-5-7;;/h1-2,4-5H;3-5H,1H3;7H,1-5H2;;/q-1;-2;-1;2*+1. The van der Waals surface area contributed by atoms with Crippen LogP contribution in [0.5, 0.6) is 5.75 Å². The van der Waals surface area contributed by atoms with Gasteiger partial charge in [-0.05, 0) is 5.75 Å². The molecule has 0 amide bonds. The van der Waals surface area contributed by atoms with Crippen molar-refractivity contribution in [1.29, 1.82) is 0 Å². The number of rotatable bonds is 3. The Morgan fingerprint density at radius 1 is 1.03 bits per heavy atom. The molecule has 10 heteroatoms. The van der Waals surface area contributed by atoms with Crippen LogP contribution in [0.1, 0.15) is 37.7 Å². The molecule has 2 aromatic rings. The molecule has 31 heavy (non-hydrogen) atoms. The SMILES string of the molecule is COc1c[c-]ccc1[S-](=O)=O.FC(F)(F)c1c[c-]ccc1.O=[C-]C1CCCCC1.[K+].[K+]. The second kappa shape index (κ2) is 19.3. The van der Waals surface area contributed by atoms with E-state index in [-0.39, 0.29) is 114 Å². The van der Waals surface area contributed by atoms with Gasteiger partial charge in [-0.15, -0.1) is 12.0 Å². The monoisotopic (exact) mass is 504 g/mol. The molecule has 0 aliphatic heterocycles. The molecule has 0 radical (unpaired) electrons. The Morgan fingerprint density at radius 2 is 1.65 bits per heavy atom. The normalized spacial score (nSPS) is 13.2. The second-order valence-electron chi connectivity index (χ2n) is 6.05. The fourth-order valence-electron chi connectivity index (χ4n) is 2.49. The molecule has 0 heterocycles. The van der Waals surface area contributed by atoms with Gasteiger partial charge in [0, 0.05) is 0 Å². The number of carbonyl (C=O) groups excluding carboxylic acids is 1. The first-order chi connectivity index (χ1) is 13.8. The van der Waals surface area contributed by atoms with Gasteiger partial charge in [0.25, 0.3) is 0 Å². The number of alkyl halides is 3. The first-order valence-electron chi connectivity index (χ1n) is 8.84. The van der Waals surface area contributed by atoms with E-state index in [1.54, 1.807) is 0 Å². The summed E-state index contributed by atoms with van der Waals surface area (Å²) in [7, 11) is -0.819. The van der Waals surface area contributed by atoms with Crippen molar-refractivity contribution in [3.05, 3.63) is 60.2 Å². The summed E-state index contributed by atoms with van der Waals surface area (Å²) in [6.07, 6.45) is 3.78. The number of halogens is 3. The van der Waals surface area contributed by atoms with E-state index >= 15 is 0 Å². The molecule has 2 aromatic carbocycles. The maximum atomic E-state index is 11.8. The van der Waals surface area contributed by atoms with Gasteiger partial charge in [0.2, 0.25) is 0 Å². The van der Waals surface area contributed by atoms with Gasteiger partial charge in [-0.1, -0.05) is 48.4 Å². The molecule has 0 atom stereocenters. The quantitative estimate of drug-likeness (QED) is 0.317. The van der Waals surface area contributed by atoms with Crippen molar-refractivity contribution in [3.63, 3.8) is 0 Å². The van der Waals surface area contributed by atoms with Crippen LogP contribution < -0.4 is 108 Å². The number of methoxy groups -OCH3 is 1. The summed E-state index contributed by atoms with van der Waals surface area (Å²) in [5, 5.41) is 0. The third-order valence-electron chi connectivity index (χ3n) is 3.99. The third kappa shape index (κ3) is 14.7. The smallest absolute Gasteiger partial charge is 0.556 e. The summed E-state index contributed by atoms with van der Waals surface area (Å²) >= 11 is 0. The Bertz CT molecular complexity index is 802. The van der Waals surface area contributed by atoms with Crippen LogP contribution in [0.3, 0.4) is 0 Å². The molecule has 4 nitrogen and oxygen atoms in total. The maximum Gasteiger partial charge on any atom is 1.00 e. The number of hydrogen-bond acceptors (Lipinski definition) is 5. The van der Waals surface area contributed by atoms with Crippen LogP contribution >= 0.6 is 0 Å². The number of ether oxygens (including phenoxy) is 1. The van der Waals surface area contributed by atoms with Gasteiger partial charge in [-0.3, -0.25) is 6.29 Å². The van der Waals surface area contributed by atoms with Crippen LogP contribution in [0.2, 0.25) is 0 Å². The summed E-state index contributed by atoms with van der Waals surface area (Å²) in [5.74, 6) is 0.601. The average Bonchev–Trinajstić information content (AvgIpc) is 2.75. The van der Waals surface area contributed by atoms with Crippen molar-refractivity contribution in [2.24, 2.45) is 5.92 Å². The predicted octanol–water partition coefficient (Wildman–Crippen LogP) is -0.646. The van der Waals surface area contributed by atoms with Crippen molar-refractivity contribution >= 4 is 17.0 Å². The molecular weight excluding hydrogens is 483 g/mol. The zero-order chi connectivity index (χ0) is 21.7. The maximum absolute atomic E-state index is 11.8. The van der Waals surface area contributed by atoms with Crippen LogP contribution in [-0.2, 0) is 30.1 Å². The first kappa shape index (κ1) is 34.1. The molecule has 0 unspecified atom stereocenters. The molecule has 1 fully saturated rings. The van der Waals surface area contributed by atoms with Crippen LogP contribution in [0.25, 0.3) is 0 Å². The Morgan fingerprint density at radius 3 is 2.00 bits per heavy atom. The predicted molar refractivity (Wildman–Crippen MR) is 101 cm³/mol. The fourth-order valence-corrected chi connectivity index (χ4v) is 2.97. The zero-order valence-electron chi connectivity index (χ0n) is 17.8.